The van der Waals surface area contributed by atoms with Gasteiger partial charge in [0.05, 0.1) is 11.7 Å². The van der Waals surface area contributed by atoms with Crippen LogP contribution < -0.4 is 5.32 Å². The maximum Gasteiger partial charge on any atom is 0.123 e. The molecular formula is C10H16N6. The fourth-order valence-corrected chi connectivity index (χ4v) is 1.61. The van der Waals surface area contributed by atoms with Crippen LogP contribution in [0.3, 0.4) is 0 Å². The Kier molecular flexibility index (Phi) is 3.31. The first-order chi connectivity index (χ1) is 7.79. The first-order valence-electron chi connectivity index (χ1n) is 5.37. The summed E-state index contributed by atoms with van der Waals surface area (Å²) >= 11 is 0. The number of aromatic amines is 1. The van der Waals surface area contributed by atoms with E-state index in [2.05, 4.69) is 32.5 Å². The van der Waals surface area contributed by atoms with Crippen LogP contribution in [0.5, 0.6) is 0 Å². The Labute approximate surface area is 94.1 Å². The number of nitrogens with zero attached hydrogens (tertiary/aromatic N) is 4. The van der Waals surface area contributed by atoms with E-state index < -0.39 is 0 Å². The largest absolute Gasteiger partial charge is 0.347 e. The Balaban J connectivity index is 1.93. The van der Waals surface area contributed by atoms with Gasteiger partial charge in [0.2, 0.25) is 0 Å². The Morgan fingerprint density at radius 2 is 2.44 bits per heavy atom. The molecular weight excluding hydrogens is 204 g/mol. The molecule has 2 rings (SSSR count). The Morgan fingerprint density at radius 1 is 1.56 bits per heavy atom. The van der Waals surface area contributed by atoms with E-state index in [-0.39, 0.29) is 6.04 Å². The molecule has 6 nitrogen and oxygen atoms in total. The van der Waals surface area contributed by atoms with Crippen molar-refractivity contribution < 1.29 is 0 Å². The summed E-state index contributed by atoms with van der Waals surface area (Å²) in [5.41, 5.74) is 0.938. The second-order valence-electron chi connectivity index (χ2n) is 3.70. The van der Waals surface area contributed by atoms with Gasteiger partial charge in [-0.2, -0.15) is 0 Å². The van der Waals surface area contributed by atoms with Gasteiger partial charge in [0.15, 0.2) is 0 Å². The van der Waals surface area contributed by atoms with Crippen molar-refractivity contribution >= 4 is 0 Å². The van der Waals surface area contributed by atoms with Crippen molar-refractivity contribution in [1.82, 2.24) is 30.3 Å². The maximum absolute atomic E-state index is 4.25. The molecule has 0 radical (unpaired) electrons. The van der Waals surface area contributed by atoms with Crippen LogP contribution in [-0.2, 0) is 13.6 Å². The second-order valence-corrected chi connectivity index (χ2v) is 3.70. The summed E-state index contributed by atoms with van der Waals surface area (Å²) in [6.07, 6.45) is 6.49. The van der Waals surface area contributed by atoms with Gasteiger partial charge >= 0.3 is 0 Å². The average molecular weight is 220 g/mol. The molecule has 0 fully saturated rings. The third-order valence-corrected chi connectivity index (χ3v) is 2.44. The summed E-state index contributed by atoms with van der Waals surface area (Å²) in [7, 11) is 1.86. The van der Waals surface area contributed by atoms with Gasteiger partial charge in [-0.3, -0.25) is 4.68 Å². The highest BCUT2D eigenvalue weighted by Crippen LogP contribution is 2.11. The molecule has 0 aromatic carbocycles. The molecule has 0 aliphatic rings. The SMILES string of the molecule is CCC(NCc1cn(C)nn1)c1ncc[nH]1. The topological polar surface area (TPSA) is 71.4 Å². The minimum atomic E-state index is 0.233. The highest BCUT2D eigenvalue weighted by molar-refractivity contribution is 4.97. The number of hydrogen-bond donors (Lipinski definition) is 2. The Hall–Kier alpha value is -1.69. The van der Waals surface area contributed by atoms with E-state index in [1.165, 1.54) is 0 Å². The van der Waals surface area contributed by atoms with E-state index >= 15 is 0 Å². The Morgan fingerprint density at radius 3 is 3.00 bits per heavy atom. The lowest BCUT2D eigenvalue weighted by atomic mass is 10.2. The summed E-state index contributed by atoms with van der Waals surface area (Å²) in [5.74, 6) is 0.964. The van der Waals surface area contributed by atoms with Crippen molar-refractivity contribution in [2.24, 2.45) is 7.05 Å². The standard InChI is InChI=1S/C10H16N6/c1-3-9(10-11-4-5-12-10)13-6-8-7-16(2)15-14-8/h4-5,7,9,13H,3,6H2,1-2H3,(H,11,12). The fourth-order valence-electron chi connectivity index (χ4n) is 1.61. The number of H-pyrrole nitrogens is 1. The predicted molar refractivity (Wildman–Crippen MR) is 59.5 cm³/mol. The van der Waals surface area contributed by atoms with Crippen LogP contribution in [0.2, 0.25) is 0 Å². The lowest BCUT2D eigenvalue weighted by Crippen LogP contribution is -2.21. The van der Waals surface area contributed by atoms with E-state index in [0.29, 0.717) is 6.54 Å². The molecule has 86 valence electrons. The minimum absolute atomic E-state index is 0.233. The van der Waals surface area contributed by atoms with Gasteiger partial charge in [0.25, 0.3) is 0 Å². The number of aromatic nitrogens is 5. The zero-order chi connectivity index (χ0) is 11.4. The van der Waals surface area contributed by atoms with Crippen LogP contribution in [0.25, 0.3) is 0 Å². The lowest BCUT2D eigenvalue weighted by molar-refractivity contribution is 0.493. The number of hydrogen-bond acceptors (Lipinski definition) is 4. The van der Waals surface area contributed by atoms with E-state index in [1.807, 2.05) is 19.4 Å². The molecule has 16 heavy (non-hydrogen) atoms. The molecule has 0 aliphatic carbocycles. The van der Waals surface area contributed by atoms with Gasteiger partial charge in [0.1, 0.15) is 5.82 Å². The first kappa shape index (κ1) is 10.8. The van der Waals surface area contributed by atoms with E-state index in [9.17, 15) is 0 Å². The summed E-state index contributed by atoms with van der Waals surface area (Å²) in [6.45, 7) is 2.82. The van der Waals surface area contributed by atoms with Crippen LogP contribution in [-0.4, -0.2) is 25.0 Å². The van der Waals surface area contributed by atoms with Crippen LogP contribution in [0, 0.1) is 0 Å². The molecule has 6 heteroatoms. The molecule has 0 saturated heterocycles. The van der Waals surface area contributed by atoms with Crippen molar-refractivity contribution in [2.45, 2.75) is 25.9 Å². The number of rotatable bonds is 5. The molecule has 0 bridgehead atoms. The molecule has 2 aromatic heterocycles. The third-order valence-electron chi connectivity index (χ3n) is 2.44. The van der Waals surface area contributed by atoms with Gasteiger partial charge in [-0.05, 0) is 6.42 Å². The molecule has 1 unspecified atom stereocenters. The van der Waals surface area contributed by atoms with E-state index in [4.69, 9.17) is 0 Å². The molecule has 0 spiro atoms. The maximum atomic E-state index is 4.25. The molecule has 2 heterocycles. The van der Waals surface area contributed by atoms with Crippen molar-refractivity contribution in [1.29, 1.82) is 0 Å². The molecule has 0 saturated carbocycles. The minimum Gasteiger partial charge on any atom is -0.347 e. The fraction of sp³-hybridized carbons (Fsp3) is 0.500. The second kappa shape index (κ2) is 4.89. The first-order valence-corrected chi connectivity index (χ1v) is 5.37. The van der Waals surface area contributed by atoms with E-state index in [1.54, 1.807) is 10.9 Å². The number of aryl methyl sites for hydroxylation is 1. The van der Waals surface area contributed by atoms with Crippen LogP contribution in [0.1, 0.15) is 30.9 Å². The van der Waals surface area contributed by atoms with Crippen LogP contribution in [0.4, 0.5) is 0 Å². The van der Waals surface area contributed by atoms with Crippen molar-refractivity contribution in [3.8, 4) is 0 Å². The number of nitrogens with one attached hydrogen (secondary N) is 2. The van der Waals surface area contributed by atoms with Gasteiger partial charge < -0.3 is 10.3 Å². The summed E-state index contributed by atoms with van der Waals surface area (Å²) in [5, 5.41) is 11.3. The highest BCUT2D eigenvalue weighted by atomic mass is 15.4. The van der Waals surface area contributed by atoms with Crippen molar-refractivity contribution in [2.75, 3.05) is 0 Å². The normalized spacial score (nSPS) is 12.9. The van der Waals surface area contributed by atoms with Gasteiger partial charge in [-0.25, -0.2) is 4.98 Å². The summed E-state index contributed by atoms with van der Waals surface area (Å²) in [4.78, 5) is 7.36. The van der Waals surface area contributed by atoms with Gasteiger partial charge in [-0.15, -0.1) is 5.10 Å². The smallest absolute Gasteiger partial charge is 0.123 e. The van der Waals surface area contributed by atoms with Crippen molar-refractivity contribution in [3.05, 3.63) is 30.1 Å². The zero-order valence-corrected chi connectivity index (χ0v) is 9.51. The number of imidazole rings is 1. The van der Waals surface area contributed by atoms with Gasteiger partial charge in [-0.1, -0.05) is 12.1 Å². The zero-order valence-electron chi connectivity index (χ0n) is 9.51. The van der Waals surface area contributed by atoms with Crippen molar-refractivity contribution in [3.63, 3.8) is 0 Å². The average Bonchev–Trinajstić information content (AvgIpc) is 2.91. The summed E-state index contributed by atoms with van der Waals surface area (Å²) in [6, 6.07) is 0.233. The predicted octanol–water partition coefficient (Wildman–Crippen LogP) is 0.779. The van der Waals surface area contributed by atoms with Gasteiger partial charge in [0, 0.05) is 32.2 Å². The molecule has 2 N–H and O–H groups in total. The molecule has 0 aliphatic heterocycles. The quantitative estimate of drug-likeness (QED) is 0.781. The Bertz CT molecular complexity index is 418. The van der Waals surface area contributed by atoms with Crippen LogP contribution >= 0.6 is 0 Å². The van der Waals surface area contributed by atoms with Crippen LogP contribution in [0.15, 0.2) is 18.6 Å². The lowest BCUT2D eigenvalue weighted by Gasteiger charge is -2.13. The molecule has 2 aromatic rings. The molecule has 1 atom stereocenters. The monoisotopic (exact) mass is 220 g/mol. The molecule has 0 amide bonds. The van der Waals surface area contributed by atoms with E-state index in [0.717, 1.165) is 17.9 Å². The summed E-state index contributed by atoms with van der Waals surface area (Å²) < 4.78 is 1.70. The third kappa shape index (κ3) is 2.46. The highest BCUT2D eigenvalue weighted by Gasteiger charge is 2.11.